The summed E-state index contributed by atoms with van der Waals surface area (Å²) in [6.07, 6.45) is 7.90. The average molecular weight is 401 g/mol. The Bertz CT molecular complexity index is 1300. The predicted molar refractivity (Wildman–Crippen MR) is 115 cm³/mol. The summed E-state index contributed by atoms with van der Waals surface area (Å²) in [4.78, 5) is 5.98. The summed E-state index contributed by atoms with van der Waals surface area (Å²) in [6.45, 7) is 3.88. The molecule has 0 N–H and O–H groups in total. The first-order valence-electron chi connectivity index (χ1n) is 9.27. The molecule has 4 heterocycles. The highest BCUT2D eigenvalue weighted by Crippen LogP contribution is 2.36. The summed E-state index contributed by atoms with van der Waals surface area (Å²) in [6, 6.07) is 12.5. The van der Waals surface area contributed by atoms with E-state index in [0.29, 0.717) is 0 Å². The fourth-order valence-electron chi connectivity index (χ4n) is 3.55. The van der Waals surface area contributed by atoms with E-state index in [1.165, 1.54) is 0 Å². The Morgan fingerprint density at radius 3 is 2.52 bits per heavy atom. The zero-order chi connectivity index (χ0) is 20.0. The highest BCUT2D eigenvalue weighted by molar-refractivity contribution is 7.98. The van der Waals surface area contributed by atoms with Gasteiger partial charge in [-0.15, -0.1) is 0 Å². The Morgan fingerprint density at radius 2 is 1.83 bits per heavy atom. The molecule has 0 aliphatic heterocycles. The molecular formula is C22H19N5OS. The maximum Gasteiger partial charge on any atom is 0.141 e. The molecule has 5 rings (SSSR count). The lowest BCUT2D eigenvalue weighted by Gasteiger charge is -2.06. The van der Waals surface area contributed by atoms with E-state index >= 15 is 0 Å². The van der Waals surface area contributed by atoms with Gasteiger partial charge in [-0.3, -0.25) is 13.6 Å². The SMILES string of the molecule is Cc1noc(C)c1-c1cnc2c(-c3cnn(C)c3)cn(Sc3ccccc3)c2c1. The molecule has 0 fully saturated rings. The van der Waals surface area contributed by atoms with E-state index in [4.69, 9.17) is 9.51 Å². The molecule has 144 valence electrons. The molecule has 0 spiro atoms. The highest BCUT2D eigenvalue weighted by atomic mass is 32.2. The van der Waals surface area contributed by atoms with Gasteiger partial charge in [0.1, 0.15) is 5.76 Å². The van der Waals surface area contributed by atoms with Gasteiger partial charge in [0.25, 0.3) is 0 Å². The lowest BCUT2D eigenvalue weighted by molar-refractivity contribution is 0.393. The topological polar surface area (TPSA) is 61.7 Å². The Balaban J connectivity index is 1.71. The van der Waals surface area contributed by atoms with Crippen LogP contribution in [-0.4, -0.2) is 23.9 Å². The van der Waals surface area contributed by atoms with Gasteiger partial charge in [0.2, 0.25) is 0 Å². The highest BCUT2D eigenvalue weighted by Gasteiger charge is 2.18. The zero-order valence-electron chi connectivity index (χ0n) is 16.3. The van der Waals surface area contributed by atoms with Crippen molar-refractivity contribution < 1.29 is 4.52 Å². The van der Waals surface area contributed by atoms with Crippen LogP contribution in [0.5, 0.6) is 0 Å². The van der Waals surface area contributed by atoms with E-state index < -0.39 is 0 Å². The van der Waals surface area contributed by atoms with Crippen LogP contribution in [0.3, 0.4) is 0 Å². The maximum atomic E-state index is 5.36. The van der Waals surface area contributed by atoms with Crippen LogP contribution in [0.1, 0.15) is 11.5 Å². The monoisotopic (exact) mass is 401 g/mol. The van der Waals surface area contributed by atoms with Gasteiger partial charge in [-0.25, -0.2) is 0 Å². The molecule has 0 radical (unpaired) electrons. The molecule has 4 aromatic heterocycles. The van der Waals surface area contributed by atoms with Gasteiger partial charge in [-0.05, 0) is 44.0 Å². The maximum absolute atomic E-state index is 5.36. The molecule has 5 aromatic rings. The summed E-state index contributed by atoms with van der Waals surface area (Å²) in [5, 5.41) is 8.42. The first kappa shape index (κ1) is 17.8. The lowest BCUT2D eigenvalue weighted by atomic mass is 10.1. The number of benzene rings is 1. The molecular weight excluding hydrogens is 382 g/mol. The Hall–Kier alpha value is -3.32. The molecule has 0 aliphatic carbocycles. The Labute approximate surface area is 172 Å². The van der Waals surface area contributed by atoms with E-state index in [1.54, 1.807) is 16.6 Å². The second-order valence-electron chi connectivity index (χ2n) is 6.97. The van der Waals surface area contributed by atoms with Crippen molar-refractivity contribution in [2.45, 2.75) is 18.7 Å². The van der Waals surface area contributed by atoms with Crippen LogP contribution in [0.2, 0.25) is 0 Å². The predicted octanol–water partition coefficient (Wildman–Crippen LogP) is 5.26. The molecule has 7 heteroatoms. The van der Waals surface area contributed by atoms with Crippen molar-refractivity contribution in [1.82, 2.24) is 23.9 Å². The largest absolute Gasteiger partial charge is 0.361 e. The van der Waals surface area contributed by atoms with Crippen molar-refractivity contribution in [2.75, 3.05) is 0 Å². The fraction of sp³-hybridized carbons (Fsp3) is 0.136. The van der Waals surface area contributed by atoms with Crippen LogP contribution in [-0.2, 0) is 7.05 Å². The van der Waals surface area contributed by atoms with Gasteiger partial charge in [-0.2, -0.15) is 5.10 Å². The number of hydrogen-bond donors (Lipinski definition) is 0. The van der Waals surface area contributed by atoms with Crippen LogP contribution >= 0.6 is 11.9 Å². The number of fused-ring (bicyclic) bond motifs is 1. The Morgan fingerprint density at radius 1 is 1.00 bits per heavy atom. The molecule has 0 saturated heterocycles. The van der Waals surface area contributed by atoms with Gasteiger partial charge in [0, 0.05) is 52.8 Å². The fourth-order valence-corrected chi connectivity index (χ4v) is 4.45. The summed E-state index contributed by atoms with van der Waals surface area (Å²) in [5.74, 6) is 0.796. The standard InChI is InChI=1S/C22H19N5OS/c1-14-21(15(2)28-25-14)16-9-20-22(23-10-16)19(17-11-24-26(3)12-17)13-27(20)29-18-7-5-4-6-8-18/h4-13H,1-3H3. The van der Waals surface area contributed by atoms with Gasteiger partial charge in [0.05, 0.1) is 22.9 Å². The van der Waals surface area contributed by atoms with Crippen molar-refractivity contribution in [3.8, 4) is 22.3 Å². The number of rotatable bonds is 4. The minimum absolute atomic E-state index is 0.796. The molecule has 6 nitrogen and oxygen atoms in total. The van der Waals surface area contributed by atoms with Crippen molar-refractivity contribution >= 4 is 23.0 Å². The third-order valence-electron chi connectivity index (χ3n) is 4.89. The van der Waals surface area contributed by atoms with E-state index in [9.17, 15) is 0 Å². The van der Waals surface area contributed by atoms with Crippen LogP contribution in [0.4, 0.5) is 0 Å². The van der Waals surface area contributed by atoms with Crippen LogP contribution in [0.25, 0.3) is 33.3 Å². The third-order valence-corrected chi connectivity index (χ3v) is 5.87. The molecule has 0 saturated carbocycles. The quantitative estimate of drug-likeness (QED) is 0.411. The molecule has 0 bridgehead atoms. The van der Waals surface area contributed by atoms with Crippen molar-refractivity contribution in [1.29, 1.82) is 0 Å². The van der Waals surface area contributed by atoms with Gasteiger partial charge in [0.15, 0.2) is 0 Å². The lowest BCUT2D eigenvalue weighted by Crippen LogP contribution is -1.88. The van der Waals surface area contributed by atoms with E-state index in [-0.39, 0.29) is 0 Å². The minimum atomic E-state index is 0.796. The van der Waals surface area contributed by atoms with Crippen molar-refractivity contribution in [3.05, 3.63) is 72.6 Å². The number of nitrogens with zero attached hydrogens (tertiary/aromatic N) is 5. The summed E-state index contributed by atoms with van der Waals surface area (Å²) >= 11 is 1.66. The van der Waals surface area contributed by atoms with Crippen LogP contribution < -0.4 is 0 Å². The van der Waals surface area contributed by atoms with Crippen molar-refractivity contribution in [2.24, 2.45) is 7.05 Å². The minimum Gasteiger partial charge on any atom is -0.361 e. The second kappa shape index (κ2) is 6.93. The Kier molecular flexibility index (Phi) is 4.24. The molecule has 0 unspecified atom stereocenters. The number of aryl methyl sites for hydroxylation is 3. The van der Waals surface area contributed by atoms with E-state index in [1.807, 2.05) is 57.7 Å². The normalized spacial score (nSPS) is 11.4. The molecule has 29 heavy (non-hydrogen) atoms. The van der Waals surface area contributed by atoms with Crippen molar-refractivity contribution in [3.63, 3.8) is 0 Å². The smallest absolute Gasteiger partial charge is 0.141 e. The molecule has 1 aromatic carbocycles. The third kappa shape index (κ3) is 3.13. The van der Waals surface area contributed by atoms with Gasteiger partial charge < -0.3 is 4.52 Å². The first-order chi connectivity index (χ1) is 14.1. The summed E-state index contributed by atoms with van der Waals surface area (Å²) < 4.78 is 9.34. The summed E-state index contributed by atoms with van der Waals surface area (Å²) in [7, 11) is 1.92. The van der Waals surface area contributed by atoms with E-state index in [2.05, 4.69) is 38.6 Å². The molecule has 0 amide bonds. The van der Waals surface area contributed by atoms with Gasteiger partial charge in [-0.1, -0.05) is 23.4 Å². The zero-order valence-corrected chi connectivity index (χ0v) is 17.1. The van der Waals surface area contributed by atoms with E-state index in [0.717, 1.165) is 49.6 Å². The number of aromatic nitrogens is 5. The number of pyridine rings is 1. The molecule has 0 atom stereocenters. The van der Waals surface area contributed by atoms with Crippen LogP contribution in [0, 0.1) is 13.8 Å². The van der Waals surface area contributed by atoms with Gasteiger partial charge >= 0.3 is 0 Å². The molecule has 0 aliphatic rings. The second-order valence-corrected chi connectivity index (χ2v) is 8.01. The summed E-state index contributed by atoms with van der Waals surface area (Å²) in [5.41, 5.74) is 6.95. The average Bonchev–Trinajstić information content (AvgIpc) is 3.40. The number of hydrogen-bond acceptors (Lipinski definition) is 5. The first-order valence-corrected chi connectivity index (χ1v) is 10.0. The van der Waals surface area contributed by atoms with Crippen LogP contribution in [0.15, 0.2) is 70.6 Å².